The highest BCUT2D eigenvalue weighted by atomic mass is 19.4. The fourth-order valence-electron chi connectivity index (χ4n) is 2.45. The lowest BCUT2D eigenvalue weighted by Crippen LogP contribution is -2.38. The Bertz CT molecular complexity index is 618. The standard InChI is InChI=1S/C14H13F6NO5/c15-13(16,17)24-7-8-5-11(6-21(8)12(22)23)25-9-1-3-10(4-2-9)26-14(18,19)20/h1-4,8,11H,5-7H2,(H,22,23)/t8-,11-/m0/s1. The number of amides is 1. The molecule has 146 valence electrons. The molecule has 0 bridgehead atoms. The molecule has 1 aliphatic heterocycles. The van der Waals surface area contributed by atoms with E-state index in [0.29, 0.717) is 0 Å². The second-order valence-corrected chi connectivity index (χ2v) is 5.34. The summed E-state index contributed by atoms with van der Waals surface area (Å²) in [5.74, 6) is -0.354. The molecule has 6 nitrogen and oxygen atoms in total. The number of benzene rings is 1. The van der Waals surface area contributed by atoms with E-state index in [4.69, 9.17) is 9.84 Å². The number of alkyl halides is 6. The molecule has 1 N–H and O–H groups in total. The van der Waals surface area contributed by atoms with Gasteiger partial charge < -0.3 is 14.6 Å². The van der Waals surface area contributed by atoms with Gasteiger partial charge in [-0.05, 0) is 24.3 Å². The van der Waals surface area contributed by atoms with E-state index in [2.05, 4.69) is 9.47 Å². The predicted molar refractivity (Wildman–Crippen MR) is 72.7 cm³/mol. The minimum Gasteiger partial charge on any atom is -0.488 e. The Morgan fingerprint density at radius 1 is 1.08 bits per heavy atom. The number of hydrogen-bond acceptors (Lipinski definition) is 4. The van der Waals surface area contributed by atoms with Crippen LogP contribution in [-0.2, 0) is 4.74 Å². The van der Waals surface area contributed by atoms with E-state index in [1.54, 1.807) is 0 Å². The molecule has 1 fully saturated rings. The van der Waals surface area contributed by atoms with Crippen LogP contribution in [0.5, 0.6) is 11.5 Å². The fraction of sp³-hybridized carbons (Fsp3) is 0.500. The minimum atomic E-state index is -4.89. The van der Waals surface area contributed by atoms with Crippen LogP contribution >= 0.6 is 0 Å². The fourth-order valence-corrected chi connectivity index (χ4v) is 2.45. The van der Waals surface area contributed by atoms with Crippen LogP contribution < -0.4 is 9.47 Å². The zero-order valence-corrected chi connectivity index (χ0v) is 12.9. The smallest absolute Gasteiger partial charge is 0.488 e. The van der Waals surface area contributed by atoms with E-state index in [0.717, 1.165) is 17.0 Å². The van der Waals surface area contributed by atoms with Crippen LogP contribution in [0.1, 0.15) is 6.42 Å². The third kappa shape index (κ3) is 6.17. The van der Waals surface area contributed by atoms with Crippen LogP contribution in [0.4, 0.5) is 31.1 Å². The van der Waals surface area contributed by atoms with Crippen LogP contribution in [-0.4, -0.2) is 54.1 Å². The third-order valence-electron chi connectivity index (χ3n) is 3.42. The summed E-state index contributed by atoms with van der Waals surface area (Å²) in [5, 5.41) is 9.05. The molecule has 0 radical (unpaired) electrons. The Kier molecular flexibility index (Phi) is 5.74. The Morgan fingerprint density at radius 3 is 2.15 bits per heavy atom. The number of hydrogen-bond donors (Lipinski definition) is 1. The van der Waals surface area contributed by atoms with Crippen molar-refractivity contribution >= 4 is 6.09 Å². The molecule has 1 saturated heterocycles. The molecule has 0 saturated carbocycles. The van der Waals surface area contributed by atoms with E-state index >= 15 is 0 Å². The van der Waals surface area contributed by atoms with Crippen LogP contribution in [0, 0.1) is 0 Å². The molecular formula is C14H13F6NO5. The lowest BCUT2D eigenvalue weighted by molar-refractivity contribution is -0.327. The first-order valence-electron chi connectivity index (χ1n) is 7.15. The number of carbonyl (C=O) groups is 1. The van der Waals surface area contributed by atoms with Crippen molar-refractivity contribution in [1.82, 2.24) is 4.90 Å². The second kappa shape index (κ2) is 7.48. The van der Waals surface area contributed by atoms with Gasteiger partial charge in [-0.2, -0.15) is 0 Å². The van der Waals surface area contributed by atoms with Crippen LogP contribution in [0.2, 0.25) is 0 Å². The van der Waals surface area contributed by atoms with Crippen molar-refractivity contribution < 1.29 is 50.5 Å². The van der Waals surface area contributed by atoms with Gasteiger partial charge in [0.2, 0.25) is 0 Å². The summed E-state index contributed by atoms with van der Waals surface area (Å²) in [6, 6.07) is 3.28. The van der Waals surface area contributed by atoms with Gasteiger partial charge in [-0.3, -0.25) is 9.64 Å². The predicted octanol–water partition coefficient (Wildman–Crippen LogP) is 3.62. The highest BCUT2D eigenvalue weighted by Gasteiger charge is 2.40. The molecular weight excluding hydrogens is 376 g/mol. The van der Waals surface area contributed by atoms with Crippen LogP contribution in [0.3, 0.4) is 0 Å². The Labute approximate surface area is 142 Å². The molecule has 0 spiro atoms. The maximum atomic E-state index is 12.1. The molecule has 1 aromatic carbocycles. The number of nitrogens with zero attached hydrogens (tertiary/aromatic N) is 1. The average Bonchev–Trinajstić information content (AvgIpc) is 2.88. The lowest BCUT2D eigenvalue weighted by atomic mass is 10.2. The molecule has 2 atom stereocenters. The molecule has 2 rings (SSSR count). The lowest BCUT2D eigenvalue weighted by Gasteiger charge is -2.21. The van der Waals surface area contributed by atoms with Gasteiger partial charge in [-0.15, -0.1) is 26.3 Å². The van der Waals surface area contributed by atoms with Crippen molar-refractivity contribution in [3.05, 3.63) is 24.3 Å². The van der Waals surface area contributed by atoms with E-state index in [1.165, 1.54) is 12.1 Å². The van der Waals surface area contributed by atoms with Gasteiger partial charge >= 0.3 is 18.8 Å². The van der Waals surface area contributed by atoms with Crippen molar-refractivity contribution in [3.63, 3.8) is 0 Å². The molecule has 0 aromatic heterocycles. The largest absolute Gasteiger partial charge is 0.573 e. The first kappa shape index (κ1) is 19.9. The van der Waals surface area contributed by atoms with E-state index in [-0.39, 0.29) is 18.7 Å². The SMILES string of the molecule is O=C(O)N1C[C@@H](Oc2ccc(OC(F)(F)F)cc2)C[C@H]1COC(F)(F)F. The van der Waals surface area contributed by atoms with Crippen LogP contribution in [0.25, 0.3) is 0 Å². The van der Waals surface area contributed by atoms with Gasteiger partial charge in [0.05, 0.1) is 19.2 Å². The van der Waals surface area contributed by atoms with Gasteiger partial charge in [0.15, 0.2) is 0 Å². The first-order valence-corrected chi connectivity index (χ1v) is 7.15. The summed E-state index contributed by atoms with van der Waals surface area (Å²) < 4.78 is 85.4. The van der Waals surface area contributed by atoms with E-state index in [9.17, 15) is 31.1 Å². The van der Waals surface area contributed by atoms with Crippen molar-refractivity contribution in [2.24, 2.45) is 0 Å². The zero-order chi connectivity index (χ0) is 19.5. The molecule has 1 heterocycles. The number of likely N-dealkylation sites (tertiary alicyclic amines) is 1. The monoisotopic (exact) mass is 389 g/mol. The van der Waals surface area contributed by atoms with Gasteiger partial charge in [-0.1, -0.05) is 0 Å². The highest BCUT2D eigenvalue weighted by molar-refractivity contribution is 5.66. The topological polar surface area (TPSA) is 68.2 Å². The average molecular weight is 389 g/mol. The van der Waals surface area contributed by atoms with Gasteiger partial charge in [0.25, 0.3) is 0 Å². The maximum absolute atomic E-state index is 12.1. The van der Waals surface area contributed by atoms with E-state index < -0.39 is 43.3 Å². The molecule has 1 amide bonds. The third-order valence-corrected chi connectivity index (χ3v) is 3.42. The minimum absolute atomic E-state index is 0.0663. The van der Waals surface area contributed by atoms with Crippen molar-refractivity contribution in [1.29, 1.82) is 0 Å². The van der Waals surface area contributed by atoms with E-state index in [1.807, 2.05) is 0 Å². The van der Waals surface area contributed by atoms with Gasteiger partial charge in [-0.25, -0.2) is 4.79 Å². The Hall–Kier alpha value is -2.37. The molecule has 26 heavy (non-hydrogen) atoms. The number of rotatable bonds is 5. The van der Waals surface area contributed by atoms with Crippen molar-refractivity contribution in [3.8, 4) is 11.5 Å². The summed E-state index contributed by atoms with van der Waals surface area (Å²) in [6.07, 6.45) is -12.0. The number of ether oxygens (including phenoxy) is 3. The first-order chi connectivity index (χ1) is 11.9. The normalized spacial score (nSPS) is 20.9. The Morgan fingerprint density at radius 2 is 1.65 bits per heavy atom. The summed E-state index contributed by atoms with van der Waals surface area (Å²) in [4.78, 5) is 11.9. The molecule has 1 aromatic rings. The molecule has 12 heteroatoms. The second-order valence-electron chi connectivity index (χ2n) is 5.34. The van der Waals surface area contributed by atoms with Crippen molar-refractivity contribution in [2.75, 3.05) is 13.2 Å². The number of carboxylic acid groups (broad SMARTS) is 1. The van der Waals surface area contributed by atoms with Gasteiger partial charge in [0, 0.05) is 6.42 Å². The Balaban J connectivity index is 1.96. The maximum Gasteiger partial charge on any atom is 0.573 e. The molecule has 0 aliphatic carbocycles. The van der Waals surface area contributed by atoms with Crippen molar-refractivity contribution in [2.45, 2.75) is 31.3 Å². The van der Waals surface area contributed by atoms with Gasteiger partial charge in [0.1, 0.15) is 17.6 Å². The summed E-state index contributed by atoms with van der Waals surface area (Å²) in [7, 11) is 0. The zero-order valence-electron chi connectivity index (χ0n) is 12.9. The number of halogens is 6. The quantitative estimate of drug-likeness (QED) is 0.780. The summed E-state index contributed by atoms with van der Waals surface area (Å²) in [5.41, 5.74) is 0. The highest BCUT2D eigenvalue weighted by Crippen LogP contribution is 2.28. The molecule has 0 unspecified atom stereocenters. The summed E-state index contributed by atoms with van der Waals surface area (Å²) >= 11 is 0. The summed E-state index contributed by atoms with van der Waals surface area (Å²) in [6.45, 7) is -1.09. The van der Waals surface area contributed by atoms with Crippen LogP contribution in [0.15, 0.2) is 24.3 Å². The molecule has 1 aliphatic rings.